The lowest BCUT2D eigenvalue weighted by Crippen LogP contribution is -2.11. The van der Waals surface area contributed by atoms with E-state index >= 15 is 0 Å². The standard InChI is InChI=1S/C19H21NO2/c1-15(13-14-18(21)22-2)20-19(16-9-5-3-6-10-16)17-11-7-4-8-12-17/h3-12,15H,13-14H2,1-2H3/t15-/m1/s1. The third-order valence-electron chi connectivity index (χ3n) is 3.44. The van der Waals surface area contributed by atoms with Gasteiger partial charge in [0.1, 0.15) is 0 Å². The summed E-state index contributed by atoms with van der Waals surface area (Å²) in [4.78, 5) is 16.1. The van der Waals surface area contributed by atoms with Crippen molar-refractivity contribution in [2.75, 3.05) is 7.11 Å². The zero-order valence-corrected chi connectivity index (χ0v) is 13.0. The number of carbonyl (C=O) groups excluding carboxylic acids is 1. The summed E-state index contributed by atoms with van der Waals surface area (Å²) < 4.78 is 4.69. The van der Waals surface area contributed by atoms with Crippen molar-refractivity contribution in [3.8, 4) is 0 Å². The highest BCUT2D eigenvalue weighted by atomic mass is 16.5. The molecule has 0 saturated heterocycles. The van der Waals surface area contributed by atoms with Crippen LogP contribution in [-0.4, -0.2) is 24.8 Å². The zero-order chi connectivity index (χ0) is 15.8. The number of esters is 1. The van der Waals surface area contributed by atoms with E-state index in [1.54, 1.807) is 0 Å². The second-order valence-electron chi connectivity index (χ2n) is 5.17. The molecule has 0 aliphatic heterocycles. The number of benzene rings is 2. The fourth-order valence-corrected chi connectivity index (χ4v) is 2.22. The molecule has 0 unspecified atom stereocenters. The van der Waals surface area contributed by atoms with Gasteiger partial charge in [-0.05, 0) is 13.3 Å². The Labute approximate surface area is 131 Å². The molecular weight excluding hydrogens is 274 g/mol. The number of hydrogen-bond donors (Lipinski definition) is 0. The van der Waals surface area contributed by atoms with Crippen LogP contribution < -0.4 is 0 Å². The van der Waals surface area contributed by atoms with Crippen LogP contribution in [0.3, 0.4) is 0 Å². The van der Waals surface area contributed by atoms with Gasteiger partial charge in [0.25, 0.3) is 0 Å². The van der Waals surface area contributed by atoms with E-state index in [0.29, 0.717) is 12.8 Å². The molecule has 3 heteroatoms. The number of rotatable bonds is 6. The number of hydrogen-bond acceptors (Lipinski definition) is 3. The molecule has 0 aliphatic carbocycles. The number of carbonyl (C=O) groups is 1. The van der Waals surface area contributed by atoms with Crippen LogP contribution in [0.2, 0.25) is 0 Å². The molecule has 0 saturated carbocycles. The van der Waals surface area contributed by atoms with Gasteiger partial charge in [-0.1, -0.05) is 60.7 Å². The van der Waals surface area contributed by atoms with E-state index in [0.717, 1.165) is 16.8 Å². The van der Waals surface area contributed by atoms with Crippen LogP contribution in [-0.2, 0) is 9.53 Å². The van der Waals surface area contributed by atoms with Crippen molar-refractivity contribution in [2.45, 2.75) is 25.8 Å². The summed E-state index contributed by atoms with van der Waals surface area (Å²) in [5.74, 6) is -0.192. The van der Waals surface area contributed by atoms with E-state index in [2.05, 4.69) is 29.0 Å². The molecule has 0 aliphatic rings. The highest BCUT2D eigenvalue weighted by Gasteiger charge is 2.10. The van der Waals surface area contributed by atoms with E-state index in [9.17, 15) is 4.79 Å². The van der Waals surface area contributed by atoms with Gasteiger partial charge in [-0.15, -0.1) is 0 Å². The SMILES string of the molecule is COC(=O)CC[C@@H](C)N=C(c1ccccc1)c1ccccc1. The molecule has 0 N–H and O–H groups in total. The first-order valence-electron chi connectivity index (χ1n) is 7.46. The van der Waals surface area contributed by atoms with Crippen molar-refractivity contribution in [2.24, 2.45) is 4.99 Å². The van der Waals surface area contributed by atoms with Crippen molar-refractivity contribution in [3.63, 3.8) is 0 Å². The Morgan fingerprint density at radius 2 is 1.50 bits per heavy atom. The molecule has 0 radical (unpaired) electrons. The second kappa shape index (κ2) is 8.13. The molecule has 0 amide bonds. The molecule has 2 aromatic carbocycles. The summed E-state index contributed by atoms with van der Waals surface area (Å²) in [7, 11) is 1.41. The van der Waals surface area contributed by atoms with Crippen LogP contribution in [0, 0.1) is 0 Å². The summed E-state index contributed by atoms with van der Waals surface area (Å²) in [5, 5.41) is 0. The lowest BCUT2D eigenvalue weighted by molar-refractivity contribution is -0.140. The molecule has 22 heavy (non-hydrogen) atoms. The van der Waals surface area contributed by atoms with Gasteiger partial charge >= 0.3 is 5.97 Å². The Hall–Kier alpha value is -2.42. The highest BCUT2D eigenvalue weighted by Crippen LogP contribution is 2.14. The molecule has 1 atom stereocenters. The summed E-state index contributed by atoms with van der Waals surface area (Å²) in [6.45, 7) is 2.02. The molecule has 0 aromatic heterocycles. The minimum Gasteiger partial charge on any atom is -0.469 e. The monoisotopic (exact) mass is 295 g/mol. The summed E-state index contributed by atoms with van der Waals surface area (Å²) >= 11 is 0. The van der Waals surface area contributed by atoms with E-state index in [1.807, 2.05) is 43.3 Å². The smallest absolute Gasteiger partial charge is 0.305 e. The predicted molar refractivity (Wildman–Crippen MR) is 89.2 cm³/mol. The van der Waals surface area contributed by atoms with Crippen LogP contribution >= 0.6 is 0 Å². The Morgan fingerprint density at radius 3 is 1.95 bits per heavy atom. The topological polar surface area (TPSA) is 38.7 Å². The first-order valence-corrected chi connectivity index (χ1v) is 7.46. The van der Waals surface area contributed by atoms with Crippen molar-refractivity contribution < 1.29 is 9.53 Å². The van der Waals surface area contributed by atoms with E-state index in [1.165, 1.54) is 7.11 Å². The van der Waals surface area contributed by atoms with Gasteiger partial charge in [-0.3, -0.25) is 9.79 Å². The van der Waals surface area contributed by atoms with E-state index in [4.69, 9.17) is 4.99 Å². The van der Waals surface area contributed by atoms with Crippen LogP contribution in [0.4, 0.5) is 0 Å². The third kappa shape index (κ3) is 4.55. The second-order valence-corrected chi connectivity index (χ2v) is 5.17. The first kappa shape index (κ1) is 16.0. The molecule has 0 bridgehead atoms. The predicted octanol–water partition coefficient (Wildman–Crippen LogP) is 3.87. The Bertz CT molecular complexity index is 579. The van der Waals surface area contributed by atoms with Gasteiger partial charge in [0.05, 0.1) is 12.8 Å². The molecule has 114 valence electrons. The van der Waals surface area contributed by atoms with Gasteiger partial charge in [0.2, 0.25) is 0 Å². The minimum absolute atomic E-state index is 0.0505. The third-order valence-corrected chi connectivity index (χ3v) is 3.44. The van der Waals surface area contributed by atoms with E-state index < -0.39 is 0 Å². The molecule has 2 rings (SSSR count). The average Bonchev–Trinajstić information content (AvgIpc) is 2.59. The van der Waals surface area contributed by atoms with Crippen molar-refractivity contribution in [3.05, 3.63) is 71.8 Å². The Morgan fingerprint density at radius 1 is 1.00 bits per heavy atom. The fourth-order valence-electron chi connectivity index (χ4n) is 2.22. The number of methoxy groups -OCH3 is 1. The molecule has 0 heterocycles. The maximum atomic E-state index is 11.3. The average molecular weight is 295 g/mol. The fraction of sp³-hybridized carbons (Fsp3) is 0.263. The molecule has 0 spiro atoms. The number of aliphatic imine (C=N–C) groups is 1. The number of nitrogens with zero attached hydrogens (tertiary/aromatic N) is 1. The highest BCUT2D eigenvalue weighted by molar-refractivity contribution is 6.12. The lowest BCUT2D eigenvalue weighted by atomic mass is 10.0. The van der Waals surface area contributed by atoms with Gasteiger partial charge in [0.15, 0.2) is 0 Å². The summed E-state index contributed by atoms with van der Waals surface area (Å²) in [6, 6.07) is 20.3. The van der Waals surface area contributed by atoms with Gasteiger partial charge in [0, 0.05) is 23.6 Å². The maximum absolute atomic E-state index is 11.3. The molecule has 3 nitrogen and oxygen atoms in total. The van der Waals surface area contributed by atoms with Crippen LogP contribution in [0.5, 0.6) is 0 Å². The zero-order valence-electron chi connectivity index (χ0n) is 13.0. The maximum Gasteiger partial charge on any atom is 0.305 e. The van der Waals surface area contributed by atoms with Crippen molar-refractivity contribution in [1.82, 2.24) is 0 Å². The quantitative estimate of drug-likeness (QED) is 0.599. The largest absolute Gasteiger partial charge is 0.469 e. The lowest BCUT2D eigenvalue weighted by Gasteiger charge is -2.12. The summed E-state index contributed by atoms with van der Waals surface area (Å²) in [5.41, 5.74) is 3.12. The van der Waals surface area contributed by atoms with Crippen LogP contribution in [0.15, 0.2) is 65.7 Å². The molecule has 2 aromatic rings. The van der Waals surface area contributed by atoms with Gasteiger partial charge in [-0.2, -0.15) is 0 Å². The summed E-state index contributed by atoms with van der Waals surface area (Å²) in [6.07, 6.45) is 1.06. The van der Waals surface area contributed by atoms with Crippen molar-refractivity contribution >= 4 is 11.7 Å². The normalized spacial score (nSPS) is 11.5. The Balaban J connectivity index is 2.25. The van der Waals surface area contributed by atoms with Crippen LogP contribution in [0.25, 0.3) is 0 Å². The van der Waals surface area contributed by atoms with Gasteiger partial charge in [-0.25, -0.2) is 0 Å². The molecule has 0 fully saturated rings. The molecular formula is C19H21NO2. The van der Waals surface area contributed by atoms with Crippen molar-refractivity contribution in [1.29, 1.82) is 0 Å². The van der Waals surface area contributed by atoms with Gasteiger partial charge < -0.3 is 4.74 Å². The number of ether oxygens (including phenoxy) is 1. The minimum atomic E-state index is -0.192. The van der Waals surface area contributed by atoms with E-state index in [-0.39, 0.29) is 12.0 Å². The first-order chi connectivity index (χ1) is 10.7. The Kier molecular flexibility index (Phi) is 5.90. The van der Waals surface area contributed by atoms with Crippen LogP contribution in [0.1, 0.15) is 30.9 Å².